The average Bonchev–Trinajstić information content (AvgIpc) is 3.51. The van der Waals surface area contributed by atoms with Gasteiger partial charge in [0.25, 0.3) is 0 Å². The quantitative estimate of drug-likeness (QED) is 0.421. The van der Waals surface area contributed by atoms with Gasteiger partial charge in [-0.25, -0.2) is 4.39 Å². The topological polar surface area (TPSA) is 77.2 Å². The van der Waals surface area contributed by atoms with Crippen LogP contribution >= 0.6 is 0 Å². The van der Waals surface area contributed by atoms with Crippen LogP contribution in [0.1, 0.15) is 90.5 Å². The maximum Gasteiger partial charge on any atom is 0.245 e. The molecule has 3 N–H and O–H groups in total. The molecule has 2 aromatic rings. The summed E-state index contributed by atoms with van der Waals surface area (Å²) < 4.78 is 14.0. The molecule has 3 aliphatic rings. The Kier molecular flexibility index (Phi) is 8.10. The zero-order valence-electron chi connectivity index (χ0n) is 24.4. The number of nitrogens with zero attached hydrogens (tertiary/aromatic N) is 1. The fourth-order valence-electron chi connectivity index (χ4n) is 8.02. The minimum atomic E-state index is -0.489. The highest BCUT2D eigenvalue weighted by Gasteiger charge is 2.55. The van der Waals surface area contributed by atoms with E-state index in [0.29, 0.717) is 11.8 Å². The number of likely N-dealkylation sites (N-methyl/N-ethyl adjacent to an activating group) is 1. The number of amides is 2. The third-order valence-electron chi connectivity index (χ3n) is 10.5. The maximum atomic E-state index is 14.6. The number of nitrogens with one attached hydrogen (secondary N) is 3. The summed E-state index contributed by atoms with van der Waals surface area (Å²) in [5.41, 5.74) is 1.99. The summed E-state index contributed by atoms with van der Waals surface area (Å²) in [6, 6.07) is 4.20. The first-order chi connectivity index (χ1) is 18.6. The monoisotopic (exact) mass is 538 g/mol. The lowest BCUT2D eigenvalue weighted by Gasteiger charge is -2.49. The highest BCUT2D eigenvalue weighted by atomic mass is 19.1. The summed E-state index contributed by atoms with van der Waals surface area (Å²) >= 11 is 0. The molecule has 0 bridgehead atoms. The van der Waals surface area contributed by atoms with E-state index in [-0.39, 0.29) is 47.0 Å². The molecule has 1 aromatic carbocycles. The van der Waals surface area contributed by atoms with Crippen molar-refractivity contribution in [3.05, 3.63) is 35.8 Å². The van der Waals surface area contributed by atoms with E-state index in [4.69, 9.17) is 0 Å². The normalized spacial score (nSPS) is 29.4. The summed E-state index contributed by atoms with van der Waals surface area (Å²) in [5.74, 6) is 1.17. The van der Waals surface area contributed by atoms with Crippen molar-refractivity contribution in [1.29, 1.82) is 0 Å². The van der Waals surface area contributed by atoms with Gasteiger partial charge in [-0.05, 0) is 93.0 Å². The first kappa shape index (κ1) is 28.1. The van der Waals surface area contributed by atoms with E-state index >= 15 is 0 Å². The summed E-state index contributed by atoms with van der Waals surface area (Å²) in [4.78, 5) is 33.1. The van der Waals surface area contributed by atoms with Crippen molar-refractivity contribution in [3.8, 4) is 0 Å². The Balaban J connectivity index is 1.52. The number of carbonyl (C=O) groups is 2. The molecule has 6 unspecified atom stereocenters. The molecule has 0 spiro atoms. The molecular weight excluding hydrogens is 491 g/mol. The first-order valence-corrected chi connectivity index (χ1v) is 15.2. The fourth-order valence-corrected chi connectivity index (χ4v) is 8.02. The molecule has 2 aliphatic carbocycles. The average molecular weight is 539 g/mol. The van der Waals surface area contributed by atoms with E-state index in [1.807, 2.05) is 19.2 Å². The van der Waals surface area contributed by atoms with Gasteiger partial charge in [0.1, 0.15) is 11.9 Å². The van der Waals surface area contributed by atoms with Gasteiger partial charge in [-0.2, -0.15) is 0 Å². The zero-order chi connectivity index (χ0) is 27.9. The number of benzene rings is 1. The smallest absolute Gasteiger partial charge is 0.245 e. The van der Waals surface area contributed by atoms with Crippen LogP contribution in [-0.2, 0) is 9.59 Å². The van der Waals surface area contributed by atoms with Crippen molar-refractivity contribution in [2.24, 2.45) is 23.2 Å². The van der Waals surface area contributed by atoms with Gasteiger partial charge in [-0.3, -0.25) is 9.59 Å². The molecule has 0 radical (unpaired) electrons. The van der Waals surface area contributed by atoms with Gasteiger partial charge in [-0.15, -0.1) is 0 Å². The van der Waals surface area contributed by atoms with Crippen molar-refractivity contribution in [3.63, 3.8) is 0 Å². The number of aromatic amines is 1. The van der Waals surface area contributed by atoms with Gasteiger partial charge in [0, 0.05) is 35.6 Å². The van der Waals surface area contributed by atoms with Crippen molar-refractivity contribution in [2.45, 2.75) is 103 Å². The lowest BCUT2D eigenvalue weighted by molar-refractivity contribution is -0.141. The van der Waals surface area contributed by atoms with Gasteiger partial charge in [-0.1, -0.05) is 40.0 Å². The number of fused-ring (bicyclic) bond motifs is 2. The molecule has 39 heavy (non-hydrogen) atoms. The predicted octanol–water partition coefficient (Wildman–Crippen LogP) is 5.74. The number of halogens is 1. The van der Waals surface area contributed by atoms with Crippen molar-refractivity contribution in [2.75, 3.05) is 13.6 Å². The molecule has 2 saturated carbocycles. The second kappa shape index (κ2) is 11.2. The molecular formula is C32H47FN4O2. The van der Waals surface area contributed by atoms with Crippen LogP contribution in [0, 0.1) is 29.0 Å². The van der Waals surface area contributed by atoms with E-state index < -0.39 is 6.04 Å². The van der Waals surface area contributed by atoms with Crippen LogP contribution in [0.5, 0.6) is 0 Å². The van der Waals surface area contributed by atoms with E-state index in [1.165, 1.54) is 18.1 Å². The number of hydrogen-bond acceptors (Lipinski definition) is 3. The zero-order valence-corrected chi connectivity index (χ0v) is 24.4. The van der Waals surface area contributed by atoms with E-state index in [2.05, 4.69) is 41.3 Å². The van der Waals surface area contributed by atoms with Crippen LogP contribution in [0.2, 0.25) is 0 Å². The van der Waals surface area contributed by atoms with E-state index in [1.54, 1.807) is 13.1 Å². The Labute approximate surface area is 232 Å². The lowest BCUT2D eigenvalue weighted by Crippen LogP contribution is -2.59. The summed E-state index contributed by atoms with van der Waals surface area (Å²) in [5, 5.41) is 7.27. The highest BCUT2D eigenvalue weighted by Crippen LogP contribution is 2.56. The molecule has 7 heteroatoms. The second-order valence-electron chi connectivity index (χ2n) is 13.3. The Morgan fingerprint density at radius 1 is 1.13 bits per heavy atom. The van der Waals surface area contributed by atoms with Crippen LogP contribution in [0.15, 0.2) is 24.4 Å². The van der Waals surface area contributed by atoms with Gasteiger partial charge in [0.05, 0.1) is 6.04 Å². The molecule has 214 valence electrons. The van der Waals surface area contributed by atoms with Gasteiger partial charge >= 0.3 is 0 Å². The molecule has 1 saturated heterocycles. The van der Waals surface area contributed by atoms with Gasteiger partial charge < -0.3 is 20.5 Å². The predicted molar refractivity (Wildman–Crippen MR) is 154 cm³/mol. The number of rotatable bonds is 7. The van der Waals surface area contributed by atoms with E-state index in [9.17, 15) is 14.0 Å². The second-order valence-corrected chi connectivity index (χ2v) is 13.3. The minimum absolute atomic E-state index is 0.00345. The molecule has 1 aliphatic heterocycles. The van der Waals surface area contributed by atoms with E-state index in [0.717, 1.165) is 62.4 Å². The standard InChI is InChI=1S/C32H47FN4O2/c1-19(2)22-15-25(26-18-35-27-16-23(33)11-12-24(26)27)29-32(4,17-22)13-14-37(29)31(39)28(21-9-7-6-8-10-21)36-30(38)20(3)34-5/h11-12,16,18-22,25,28-29,34-35H,6-10,13-15,17H2,1-5H3,(H,36,38). The third kappa shape index (κ3) is 5.36. The molecule has 3 fully saturated rings. The summed E-state index contributed by atoms with van der Waals surface area (Å²) in [6.07, 6.45) is 10.5. The van der Waals surface area contributed by atoms with Crippen molar-refractivity contribution < 1.29 is 14.0 Å². The highest BCUT2D eigenvalue weighted by molar-refractivity contribution is 5.90. The summed E-state index contributed by atoms with van der Waals surface area (Å²) in [7, 11) is 1.78. The van der Waals surface area contributed by atoms with Crippen LogP contribution in [0.4, 0.5) is 4.39 Å². The molecule has 2 amide bonds. The van der Waals surface area contributed by atoms with Crippen LogP contribution < -0.4 is 10.6 Å². The molecule has 2 heterocycles. The molecule has 1 aromatic heterocycles. The molecule has 6 nitrogen and oxygen atoms in total. The van der Waals surface area contributed by atoms with Gasteiger partial charge in [0.15, 0.2) is 0 Å². The molecule has 5 rings (SSSR count). The Morgan fingerprint density at radius 2 is 1.87 bits per heavy atom. The first-order valence-electron chi connectivity index (χ1n) is 15.2. The van der Waals surface area contributed by atoms with Crippen LogP contribution in [0.3, 0.4) is 0 Å². The minimum Gasteiger partial charge on any atom is -0.361 e. The number of aromatic nitrogens is 1. The number of likely N-dealkylation sites (tertiary alicyclic amines) is 1. The molecule has 6 atom stereocenters. The number of carbonyl (C=O) groups excluding carboxylic acids is 2. The Bertz CT molecular complexity index is 1190. The van der Waals surface area contributed by atoms with Crippen LogP contribution in [0.25, 0.3) is 10.9 Å². The van der Waals surface area contributed by atoms with Crippen molar-refractivity contribution in [1.82, 2.24) is 20.5 Å². The van der Waals surface area contributed by atoms with Crippen LogP contribution in [-0.4, -0.2) is 53.4 Å². The van der Waals surface area contributed by atoms with Gasteiger partial charge in [0.2, 0.25) is 11.8 Å². The lowest BCUT2D eigenvalue weighted by atomic mass is 9.59. The Morgan fingerprint density at radius 3 is 2.56 bits per heavy atom. The summed E-state index contributed by atoms with van der Waals surface area (Å²) in [6.45, 7) is 9.56. The fraction of sp³-hybridized carbons (Fsp3) is 0.688. The number of hydrogen-bond donors (Lipinski definition) is 3. The Hall–Kier alpha value is -2.41. The maximum absolute atomic E-state index is 14.6. The van der Waals surface area contributed by atoms with Crippen molar-refractivity contribution >= 4 is 22.7 Å². The number of H-pyrrole nitrogens is 1. The SMILES string of the molecule is CNC(C)C(=O)NC(C(=O)N1CCC2(C)CC(C(C)C)CC(c3c[nH]c4cc(F)ccc34)C12)C1CCCCC1. The third-order valence-corrected chi connectivity index (χ3v) is 10.5. The largest absolute Gasteiger partial charge is 0.361 e.